The molecule has 5 nitrogen and oxygen atoms in total. The molecular formula is C16H29NO4. The van der Waals surface area contributed by atoms with Crippen LogP contribution < -0.4 is 0 Å². The number of carbonyl (C=O) groups excluding carboxylic acids is 2. The third-order valence-electron chi connectivity index (χ3n) is 3.88. The van der Waals surface area contributed by atoms with Crippen molar-refractivity contribution >= 4 is 11.9 Å². The van der Waals surface area contributed by atoms with Gasteiger partial charge in [0, 0.05) is 26.8 Å². The molecule has 1 unspecified atom stereocenters. The largest absolute Gasteiger partial charge is 0.465 e. The lowest BCUT2D eigenvalue weighted by Gasteiger charge is -2.33. The fourth-order valence-electron chi connectivity index (χ4n) is 2.68. The molecule has 1 atom stereocenters. The van der Waals surface area contributed by atoms with E-state index in [9.17, 15) is 9.59 Å². The first kappa shape index (κ1) is 18.0. The standard InChI is InChI=1S/C16H29NO4/c1-6-21-15(19)13(16(2,3)4)14(18)17(5)11-12-7-9-20-10-8-12/h12-13H,6-11H2,1-5H3. The molecule has 0 radical (unpaired) electrons. The van der Waals surface area contributed by atoms with Crippen molar-refractivity contribution < 1.29 is 19.1 Å². The van der Waals surface area contributed by atoms with Gasteiger partial charge in [-0.3, -0.25) is 9.59 Å². The van der Waals surface area contributed by atoms with Crippen LogP contribution in [0.4, 0.5) is 0 Å². The first-order valence-electron chi connectivity index (χ1n) is 7.76. The second-order valence-electron chi connectivity index (χ2n) is 6.83. The number of carbonyl (C=O) groups is 2. The Balaban J connectivity index is 2.72. The summed E-state index contributed by atoms with van der Waals surface area (Å²) in [5, 5.41) is 0. The van der Waals surface area contributed by atoms with Crippen LogP contribution in [-0.2, 0) is 19.1 Å². The highest BCUT2D eigenvalue weighted by molar-refractivity contribution is 5.98. The van der Waals surface area contributed by atoms with Gasteiger partial charge in [-0.1, -0.05) is 20.8 Å². The quantitative estimate of drug-likeness (QED) is 0.576. The van der Waals surface area contributed by atoms with Crippen molar-refractivity contribution in [3.05, 3.63) is 0 Å². The van der Waals surface area contributed by atoms with E-state index < -0.39 is 17.3 Å². The van der Waals surface area contributed by atoms with Gasteiger partial charge in [-0.2, -0.15) is 0 Å². The van der Waals surface area contributed by atoms with Gasteiger partial charge >= 0.3 is 5.97 Å². The van der Waals surface area contributed by atoms with E-state index in [1.165, 1.54) is 0 Å². The Bertz CT molecular complexity index is 356. The van der Waals surface area contributed by atoms with E-state index in [2.05, 4.69) is 0 Å². The predicted octanol–water partition coefficient (Wildman–Crippen LogP) is 2.10. The number of nitrogens with zero attached hydrogens (tertiary/aromatic N) is 1. The summed E-state index contributed by atoms with van der Waals surface area (Å²) in [5.74, 6) is -0.862. The Morgan fingerprint density at radius 3 is 2.33 bits per heavy atom. The van der Waals surface area contributed by atoms with Crippen LogP contribution in [0.15, 0.2) is 0 Å². The smallest absolute Gasteiger partial charge is 0.319 e. The highest BCUT2D eigenvalue weighted by Crippen LogP contribution is 2.29. The summed E-state index contributed by atoms with van der Waals surface area (Å²) in [6.07, 6.45) is 1.94. The second-order valence-corrected chi connectivity index (χ2v) is 6.83. The Hall–Kier alpha value is -1.10. The number of rotatable bonds is 5. The topological polar surface area (TPSA) is 55.8 Å². The Morgan fingerprint density at radius 2 is 1.86 bits per heavy atom. The van der Waals surface area contributed by atoms with Crippen LogP contribution in [0.25, 0.3) is 0 Å². The molecule has 0 aromatic rings. The lowest BCUT2D eigenvalue weighted by Crippen LogP contribution is -2.46. The lowest BCUT2D eigenvalue weighted by atomic mass is 9.79. The molecule has 5 heteroatoms. The summed E-state index contributed by atoms with van der Waals surface area (Å²) < 4.78 is 10.4. The van der Waals surface area contributed by atoms with Gasteiger partial charge in [0.1, 0.15) is 5.92 Å². The third kappa shape index (κ3) is 5.30. The number of amides is 1. The zero-order valence-electron chi connectivity index (χ0n) is 14.0. The average molecular weight is 299 g/mol. The van der Waals surface area contributed by atoms with E-state index in [0.717, 1.165) is 26.1 Å². The number of hydrogen-bond donors (Lipinski definition) is 0. The molecule has 1 saturated heterocycles. The maximum absolute atomic E-state index is 12.7. The van der Waals surface area contributed by atoms with Gasteiger partial charge < -0.3 is 14.4 Å². The molecule has 1 heterocycles. The van der Waals surface area contributed by atoms with Crippen LogP contribution in [0, 0.1) is 17.3 Å². The summed E-state index contributed by atoms with van der Waals surface area (Å²) in [5.41, 5.74) is -0.451. The monoisotopic (exact) mass is 299 g/mol. The summed E-state index contributed by atoms with van der Waals surface area (Å²) in [4.78, 5) is 26.5. The summed E-state index contributed by atoms with van der Waals surface area (Å²) >= 11 is 0. The van der Waals surface area contributed by atoms with Crippen LogP contribution in [0.1, 0.15) is 40.5 Å². The molecule has 0 N–H and O–H groups in total. The molecule has 1 aliphatic rings. The van der Waals surface area contributed by atoms with Gasteiger partial charge in [-0.05, 0) is 31.1 Å². The maximum atomic E-state index is 12.7. The van der Waals surface area contributed by atoms with Crippen LogP contribution in [0.3, 0.4) is 0 Å². The van der Waals surface area contributed by atoms with Gasteiger partial charge in [-0.25, -0.2) is 0 Å². The van der Waals surface area contributed by atoms with Crippen molar-refractivity contribution in [2.75, 3.05) is 33.4 Å². The minimum Gasteiger partial charge on any atom is -0.465 e. The van der Waals surface area contributed by atoms with E-state index in [4.69, 9.17) is 9.47 Å². The van der Waals surface area contributed by atoms with Gasteiger partial charge in [0.25, 0.3) is 0 Å². The molecule has 0 aromatic heterocycles. The summed E-state index contributed by atoms with van der Waals surface area (Å²) in [7, 11) is 1.77. The predicted molar refractivity (Wildman–Crippen MR) is 80.8 cm³/mol. The normalized spacial score (nSPS) is 18.1. The molecule has 0 spiro atoms. The molecule has 21 heavy (non-hydrogen) atoms. The van der Waals surface area contributed by atoms with Crippen molar-refractivity contribution in [2.24, 2.45) is 17.3 Å². The minimum absolute atomic E-state index is 0.146. The van der Waals surface area contributed by atoms with Crippen molar-refractivity contribution in [2.45, 2.75) is 40.5 Å². The molecule has 1 aliphatic heterocycles. The van der Waals surface area contributed by atoms with E-state index in [-0.39, 0.29) is 5.91 Å². The lowest BCUT2D eigenvalue weighted by molar-refractivity contribution is -0.160. The van der Waals surface area contributed by atoms with Crippen molar-refractivity contribution in [1.82, 2.24) is 4.90 Å². The third-order valence-corrected chi connectivity index (χ3v) is 3.88. The summed E-state index contributed by atoms with van der Waals surface area (Å²) in [6.45, 7) is 9.93. The fourth-order valence-corrected chi connectivity index (χ4v) is 2.68. The second kappa shape index (κ2) is 7.78. The molecule has 1 fully saturated rings. The highest BCUT2D eigenvalue weighted by atomic mass is 16.5. The molecule has 122 valence electrons. The maximum Gasteiger partial charge on any atom is 0.319 e. The van der Waals surface area contributed by atoms with Gasteiger partial charge in [0.15, 0.2) is 0 Å². The molecule has 0 saturated carbocycles. The summed E-state index contributed by atoms with van der Waals surface area (Å²) in [6, 6.07) is 0. The van der Waals surface area contributed by atoms with Crippen molar-refractivity contribution in [3.8, 4) is 0 Å². The van der Waals surface area contributed by atoms with Gasteiger partial charge in [-0.15, -0.1) is 0 Å². The van der Waals surface area contributed by atoms with Crippen LogP contribution >= 0.6 is 0 Å². The first-order valence-corrected chi connectivity index (χ1v) is 7.76. The van der Waals surface area contributed by atoms with Crippen molar-refractivity contribution in [1.29, 1.82) is 0 Å². The zero-order valence-corrected chi connectivity index (χ0v) is 14.0. The SMILES string of the molecule is CCOC(=O)C(C(=O)N(C)CC1CCOCC1)C(C)(C)C. The van der Waals surface area contributed by atoms with Crippen LogP contribution in [0.2, 0.25) is 0 Å². The first-order chi connectivity index (χ1) is 9.77. The minimum atomic E-state index is -0.748. The molecule has 0 aliphatic carbocycles. The van der Waals surface area contributed by atoms with Crippen LogP contribution in [0.5, 0.6) is 0 Å². The average Bonchev–Trinajstić information content (AvgIpc) is 2.38. The van der Waals surface area contributed by atoms with E-state index in [1.54, 1.807) is 18.9 Å². The van der Waals surface area contributed by atoms with Crippen LogP contribution in [-0.4, -0.2) is 50.2 Å². The van der Waals surface area contributed by atoms with Crippen molar-refractivity contribution in [3.63, 3.8) is 0 Å². The Morgan fingerprint density at radius 1 is 1.29 bits per heavy atom. The van der Waals surface area contributed by atoms with E-state index in [0.29, 0.717) is 19.1 Å². The highest BCUT2D eigenvalue weighted by Gasteiger charge is 2.40. The molecule has 1 amide bonds. The molecule has 0 aromatic carbocycles. The Labute approximate surface area is 128 Å². The Kier molecular flexibility index (Phi) is 6.65. The number of hydrogen-bond acceptors (Lipinski definition) is 4. The van der Waals surface area contributed by atoms with Gasteiger partial charge in [0.05, 0.1) is 6.61 Å². The molecule has 0 bridgehead atoms. The number of ether oxygens (including phenoxy) is 2. The van der Waals surface area contributed by atoms with E-state index in [1.807, 2.05) is 20.8 Å². The number of esters is 1. The molecular weight excluding hydrogens is 270 g/mol. The molecule has 1 rings (SSSR count). The zero-order chi connectivity index (χ0) is 16.0. The fraction of sp³-hybridized carbons (Fsp3) is 0.875. The van der Waals surface area contributed by atoms with E-state index >= 15 is 0 Å². The van der Waals surface area contributed by atoms with Gasteiger partial charge in [0.2, 0.25) is 5.91 Å².